The van der Waals surface area contributed by atoms with Crippen molar-refractivity contribution in [2.75, 3.05) is 5.01 Å². The maximum Gasteiger partial charge on any atom is 0.378 e. The number of para-hydroxylation sites is 1. The number of hydrogen-bond acceptors (Lipinski definition) is 6. The summed E-state index contributed by atoms with van der Waals surface area (Å²) < 4.78 is 0. The summed E-state index contributed by atoms with van der Waals surface area (Å²) in [6.45, 7) is 2.05. The zero-order chi connectivity index (χ0) is 16.5. The SMILES string of the molecule is Cc1ccc(C2C/C(=C3\C(=O)ONN3c3ccccc3)N=N2)cc1. The molecule has 1 unspecified atom stereocenters. The smallest absolute Gasteiger partial charge is 0.345 e. The second kappa shape index (κ2) is 5.90. The maximum absolute atomic E-state index is 12.1. The normalized spacial score (nSPS) is 23.0. The maximum atomic E-state index is 12.1. The Kier molecular flexibility index (Phi) is 3.59. The van der Waals surface area contributed by atoms with Gasteiger partial charge in [-0.25, -0.2) is 9.80 Å². The lowest BCUT2D eigenvalue weighted by atomic mass is 10.0. The molecule has 0 amide bonds. The van der Waals surface area contributed by atoms with Crippen molar-refractivity contribution < 1.29 is 9.63 Å². The highest BCUT2D eigenvalue weighted by atomic mass is 16.7. The Balaban J connectivity index is 1.65. The molecule has 0 spiro atoms. The van der Waals surface area contributed by atoms with Gasteiger partial charge >= 0.3 is 5.97 Å². The zero-order valence-electron chi connectivity index (χ0n) is 13.1. The molecular weight excluding hydrogens is 304 g/mol. The van der Waals surface area contributed by atoms with E-state index in [-0.39, 0.29) is 6.04 Å². The van der Waals surface area contributed by atoms with Crippen molar-refractivity contribution >= 4 is 11.7 Å². The fraction of sp³-hybridized carbons (Fsp3) is 0.167. The van der Waals surface area contributed by atoms with Crippen LogP contribution in [0.3, 0.4) is 0 Å². The zero-order valence-corrected chi connectivity index (χ0v) is 13.1. The molecule has 2 aromatic rings. The quantitative estimate of drug-likeness (QED) is 0.859. The van der Waals surface area contributed by atoms with Gasteiger partial charge in [0.15, 0.2) is 5.70 Å². The van der Waals surface area contributed by atoms with Crippen molar-refractivity contribution in [1.29, 1.82) is 0 Å². The number of rotatable bonds is 2. The first-order valence-electron chi connectivity index (χ1n) is 7.75. The van der Waals surface area contributed by atoms with Crippen molar-refractivity contribution in [2.24, 2.45) is 10.2 Å². The summed E-state index contributed by atoms with van der Waals surface area (Å²) in [4.78, 5) is 17.1. The van der Waals surface area contributed by atoms with Crippen LogP contribution in [-0.4, -0.2) is 5.97 Å². The number of nitrogens with one attached hydrogen (secondary N) is 1. The number of carbonyl (C=O) groups excluding carboxylic acids is 1. The van der Waals surface area contributed by atoms with E-state index < -0.39 is 5.97 Å². The third-order valence-electron chi connectivity index (χ3n) is 4.10. The van der Waals surface area contributed by atoms with Crippen LogP contribution in [0.4, 0.5) is 5.69 Å². The van der Waals surface area contributed by atoms with Crippen LogP contribution in [0.15, 0.2) is 76.2 Å². The van der Waals surface area contributed by atoms with Gasteiger partial charge in [0.25, 0.3) is 0 Å². The molecule has 2 aromatic carbocycles. The summed E-state index contributed by atoms with van der Waals surface area (Å²) in [7, 11) is 0. The third kappa shape index (κ3) is 2.57. The van der Waals surface area contributed by atoms with Crippen LogP contribution in [0.2, 0.25) is 0 Å². The molecule has 2 heterocycles. The minimum absolute atomic E-state index is 0.0703. The molecule has 120 valence electrons. The number of aryl methyl sites for hydroxylation is 1. The van der Waals surface area contributed by atoms with Crippen LogP contribution >= 0.6 is 0 Å². The lowest BCUT2D eigenvalue weighted by Gasteiger charge is -2.16. The van der Waals surface area contributed by atoms with Crippen molar-refractivity contribution in [2.45, 2.75) is 19.4 Å². The van der Waals surface area contributed by atoms with Gasteiger partial charge in [-0.15, -0.1) is 0 Å². The lowest BCUT2D eigenvalue weighted by Crippen LogP contribution is -2.29. The van der Waals surface area contributed by atoms with Gasteiger partial charge in [-0.05, 0) is 24.6 Å². The van der Waals surface area contributed by atoms with Crippen LogP contribution in [-0.2, 0) is 9.63 Å². The van der Waals surface area contributed by atoms with E-state index in [4.69, 9.17) is 4.84 Å². The number of nitrogens with zero attached hydrogens (tertiary/aromatic N) is 3. The number of benzene rings is 2. The van der Waals surface area contributed by atoms with Gasteiger partial charge in [0.05, 0.1) is 11.4 Å². The minimum atomic E-state index is -0.447. The Bertz CT molecular complexity index is 828. The number of carbonyl (C=O) groups is 1. The molecule has 2 aliphatic rings. The van der Waals surface area contributed by atoms with Crippen LogP contribution in [0.5, 0.6) is 0 Å². The predicted molar refractivity (Wildman–Crippen MR) is 88.6 cm³/mol. The number of hydrazine groups is 1. The summed E-state index contributed by atoms with van der Waals surface area (Å²) in [5.74, 6) is -0.447. The fourth-order valence-electron chi connectivity index (χ4n) is 2.80. The molecular formula is C18H16N4O2. The average Bonchev–Trinajstić information content (AvgIpc) is 3.23. The summed E-state index contributed by atoms with van der Waals surface area (Å²) in [5.41, 5.74) is 6.74. The minimum Gasteiger partial charge on any atom is -0.345 e. The molecule has 0 radical (unpaired) electrons. The van der Waals surface area contributed by atoms with Crippen LogP contribution < -0.4 is 10.6 Å². The fourth-order valence-corrected chi connectivity index (χ4v) is 2.80. The van der Waals surface area contributed by atoms with E-state index in [1.807, 2.05) is 49.4 Å². The van der Waals surface area contributed by atoms with Crippen LogP contribution in [0, 0.1) is 6.92 Å². The molecule has 0 aliphatic carbocycles. The molecule has 0 saturated carbocycles. The average molecular weight is 320 g/mol. The third-order valence-corrected chi connectivity index (χ3v) is 4.10. The molecule has 0 aromatic heterocycles. The van der Waals surface area contributed by atoms with Crippen molar-refractivity contribution in [3.05, 3.63) is 77.1 Å². The van der Waals surface area contributed by atoms with E-state index in [1.54, 1.807) is 5.01 Å². The Morgan fingerprint density at radius 1 is 1.12 bits per heavy atom. The molecule has 1 atom stereocenters. The van der Waals surface area contributed by atoms with E-state index >= 15 is 0 Å². The number of hydrogen-bond donors (Lipinski definition) is 1. The van der Waals surface area contributed by atoms with Crippen molar-refractivity contribution in [3.63, 3.8) is 0 Å². The van der Waals surface area contributed by atoms with Crippen molar-refractivity contribution in [1.82, 2.24) is 5.59 Å². The van der Waals surface area contributed by atoms with E-state index in [0.29, 0.717) is 17.8 Å². The Labute approximate surface area is 139 Å². The summed E-state index contributed by atoms with van der Waals surface area (Å²) in [6, 6.07) is 17.6. The highest BCUT2D eigenvalue weighted by molar-refractivity contribution is 5.95. The molecule has 6 heteroatoms. The molecule has 24 heavy (non-hydrogen) atoms. The predicted octanol–water partition coefficient (Wildman–Crippen LogP) is 3.59. The van der Waals surface area contributed by atoms with Gasteiger partial charge in [0.1, 0.15) is 6.04 Å². The highest BCUT2D eigenvalue weighted by Crippen LogP contribution is 2.36. The van der Waals surface area contributed by atoms with E-state index in [0.717, 1.165) is 11.3 Å². The monoisotopic (exact) mass is 320 g/mol. The van der Waals surface area contributed by atoms with Gasteiger partial charge in [-0.2, -0.15) is 10.2 Å². The summed E-state index contributed by atoms with van der Waals surface area (Å²) >= 11 is 0. The van der Waals surface area contributed by atoms with Gasteiger partial charge in [0, 0.05) is 6.42 Å². The molecule has 4 rings (SSSR count). The first-order valence-corrected chi connectivity index (χ1v) is 7.75. The summed E-state index contributed by atoms with van der Waals surface area (Å²) in [5, 5.41) is 10.2. The molecule has 1 fully saturated rings. The van der Waals surface area contributed by atoms with Gasteiger partial charge < -0.3 is 4.84 Å². The molecule has 2 aliphatic heterocycles. The van der Waals surface area contributed by atoms with Gasteiger partial charge in [-0.1, -0.05) is 53.6 Å². The standard InChI is InChI=1S/C18H16N4O2/c1-12-7-9-13(10-8-12)15-11-16(20-19-15)17-18(23)24-21-22(17)14-5-3-2-4-6-14/h2-10,15,21H,11H2,1H3/b17-16-. The molecule has 1 N–H and O–H groups in total. The van der Waals surface area contributed by atoms with E-state index in [9.17, 15) is 4.79 Å². The molecule has 1 saturated heterocycles. The summed E-state index contributed by atoms with van der Waals surface area (Å²) in [6.07, 6.45) is 0.568. The van der Waals surface area contributed by atoms with Crippen molar-refractivity contribution in [3.8, 4) is 0 Å². The number of azo groups is 1. The van der Waals surface area contributed by atoms with Gasteiger partial charge in [0.2, 0.25) is 0 Å². The largest absolute Gasteiger partial charge is 0.378 e. The molecule has 0 bridgehead atoms. The van der Waals surface area contributed by atoms with Crippen LogP contribution in [0.25, 0.3) is 0 Å². The topological polar surface area (TPSA) is 66.3 Å². The van der Waals surface area contributed by atoms with E-state index in [1.165, 1.54) is 5.56 Å². The lowest BCUT2D eigenvalue weighted by molar-refractivity contribution is -0.140. The van der Waals surface area contributed by atoms with Crippen LogP contribution in [0.1, 0.15) is 23.6 Å². The van der Waals surface area contributed by atoms with E-state index in [2.05, 4.69) is 28.0 Å². The Morgan fingerprint density at radius 2 is 1.88 bits per heavy atom. The highest BCUT2D eigenvalue weighted by Gasteiger charge is 2.35. The van der Waals surface area contributed by atoms with Gasteiger partial charge in [-0.3, -0.25) is 0 Å². The second-order valence-electron chi connectivity index (χ2n) is 5.79. The first-order chi connectivity index (χ1) is 11.7. The molecule has 6 nitrogen and oxygen atoms in total. The second-order valence-corrected chi connectivity index (χ2v) is 5.79. The first kappa shape index (κ1) is 14.6. The Morgan fingerprint density at radius 3 is 2.62 bits per heavy atom. The number of anilines is 1. The Hall–Kier alpha value is -2.99.